The van der Waals surface area contributed by atoms with Crippen LogP contribution >= 0.6 is 0 Å². The van der Waals surface area contributed by atoms with E-state index in [0.717, 1.165) is 0 Å². The molecule has 0 fully saturated rings. The van der Waals surface area contributed by atoms with E-state index in [0.29, 0.717) is 0 Å². The maximum absolute atomic E-state index is 12.5. The van der Waals surface area contributed by atoms with Crippen LogP contribution in [-0.4, -0.2) is 64.2 Å². The van der Waals surface area contributed by atoms with Crippen molar-refractivity contribution in [3.8, 4) is 5.75 Å². The van der Waals surface area contributed by atoms with Crippen molar-refractivity contribution in [2.24, 2.45) is 5.14 Å². The molecular weight excluding hydrogens is 366 g/mol. The zero-order valence-corrected chi connectivity index (χ0v) is 15.0. The number of nitrogens with two attached hydrogens (primary N) is 1. The predicted octanol–water partition coefficient (Wildman–Crippen LogP) is -0.984. The van der Waals surface area contributed by atoms with E-state index in [1.807, 2.05) is 0 Å². The first-order valence-corrected chi connectivity index (χ1v) is 8.97. The second-order valence-electron chi connectivity index (χ2n) is 5.33. The largest absolute Gasteiger partial charge is 0.495 e. The minimum Gasteiger partial charge on any atom is -0.495 e. The highest BCUT2D eigenvalue weighted by atomic mass is 32.2. The number of hydrogen-bond acceptors (Lipinski definition) is 8. The average molecular weight is 385 g/mol. The molecule has 1 aromatic carbocycles. The predicted molar refractivity (Wildman–Crippen MR) is 90.7 cm³/mol. The van der Waals surface area contributed by atoms with Crippen molar-refractivity contribution < 1.29 is 32.6 Å². The fraction of sp³-hybridized carbons (Fsp3) is 0.333. The van der Waals surface area contributed by atoms with Crippen molar-refractivity contribution in [1.29, 1.82) is 0 Å². The van der Waals surface area contributed by atoms with Crippen LogP contribution in [0.1, 0.15) is 0 Å². The van der Waals surface area contributed by atoms with E-state index in [2.05, 4.69) is 10.1 Å². The summed E-state index contributed by atoms with van der Waals surface area (Å²) < 4.78 is 33.1. The van der Waals surface area contributed by atoms with Gasteiger partial charge in [-0.25, -0.2) is 18.4 Å². The molecule has 1 aromatic rings. The molecule has 0 saturated heterocycles. The number of primary sulfonamides is 1. The van der Waals surface area contributed by atoms with Gasteiger partial charge in [-0.3, -0.25) is 4.79 Å². The van der Waals surface area contributed by atoms with E-state index in [-0.39, 0.29) is 47.3 Å². The number of nitrogens with zero attached hydrogens (tertiary/aromatic N) is 1. The van der Waals surface area contributed by atoms with Crippen LogP contribution in [0.15, 0.2) is 34.4 Å². The van der Waals surface area contributed by atoms with Gasteiger partial charge in [0, 0.05) is 12.2 Å². The highest BCUT2D eigenvalue weighted by molar-refractivity contribution is 7.89. The number of carbonyl (C=O) groups is 2. The van der Waals surface area contributed by atoms with Gasteiger partial charge in [0.05, 0.1) is 32.9 Å². The lowest BCUT2D eigenvalue weighted by molar-refractivity contribution is -0.136. The fourth-order valence-corrected chi connectivity index (χ4v) is 3.19. The van der Waals surface area contributed by atoms with Gasteiger partial charge in [0.1, 0.15) is 16.3 Å². The van der Waals surface area contributed by atoms with Gasteiger partial charge >= 0.3 is 5.97 Å². The third-order valence-corrected chi connectivity index (χ3v) is 4.63. The molecule has 0 aromatic heterocycles. The summed E-state index contributed by atoms with van der Waals surface area (Å²) in [5.74, 6) is -1.19. The van der Waals surface area contributed by atoms with Crippen molar-refractivity contribution in [3.63, 3.8) is 0 Å². The summed E-state index contributed by atoms with van der Waals surface area (Å²) in [6, 6.07) is 4.03. The summed E-state index contributed by atoms with van der Waals surface area (Å²) in [6.07, 6.45) is 0. The third kappa shape index (κ3) is 3.95. The summed E-state index contributed by atoms with van der Waals surface area (Å²) in [5.41, 5.74) is 0.222. The van der Waals surface area contributed by atoms with Crippen LogP contribution in [0, 0.1) is 0 Å². The second-order valence-corrected chi connectivity index (χ2v) is 6.86. The maximum Gasteiger partial charge on any atom is 0.337 e. The molecule has 142 valence electrons. The third-order valence-electron chi connectivity index (χ3n) is 3.69. The van der Waals surface area contributed by atoms with Crippen molar-refractivity contribution in [1.82, 2.24) is 4.90 Å². The van der Waals surface area contributed by atoms with Crippen molar-refractivity contribution in [2.75, 3.05) is 39.2 Å². The summed E-state index contributed by atoms with van der Waals surface area (Å²) in [5, 5.41) is 17.0. The van der Waals surface area contributed by atoms with Gasteiger partial charge in [-0.05, 0) is 18.2 Å². The Morgan fingerprint density at radius 1 is 1.38 bits per heavy atom. The van der Waals surface area contributed by atoms with Crippen LogP contribution in [0.4, 0.5) is 5.69 Å². The average Bonchev–Trinajstić information content (AvgIpc) is 2.90. The molecule has 0 bridgehead atoms. The topological polar surface area (TPSA) is 148 Å². The van der Waals surface area contributed by atoms with E-state index in [4.69, 9.17) is 15.0 Å². The number of hydrogen-bond donors (Lipinski definition) is 3. The Hall–Kier alpha value is -2.63. The molecule has 0 radical (unpaired) electrons. The summed E-state index contributed by atoms with van der Waals surface area (Å²) in [6.45, 7) is -0.270. The lowest BCUT2D eigenvalue weighted by atomic mass is 10.2. The van der Waals surface area contributed by atoms with Crippen LogP contribution in [0.25, 0.3) is 0 Å². The molecule has 0 aliphatic carbocycles. The number of esters is 1. The maximum atomic E-state index is 12.5. The lowest BCUT2D eigenvalue weighted by Gasteiger charge is -2.15. The van der Waals surface area contributed by atoms with Crippen molar-refractivity contribution in [3.05, 3.63) is 29.5 Å². The number of benzene rings is 1. The number of β-amino-alcohol motifs (C(OH)–C–C–N with tert-alkyl or cyclic N) is 1. The van der Waals surface area contributed by atoms with Crippen LogP contribution in [0.3, 0.4) is 0 Å². The Labute approximate surface area is 150 Å². The van der Waals surface area contributed by atoms with E-state index in [1.165, 1.54) is 37.3 Å². The molecule has 10 nitrogen and oxygen atoms in total. The molecule has 26 heavy (non-hydrogen) atoms. The smallest absolute Gasteiger partial charge is 0.337 e. The number of aliphatic hydroxyl groups excluding tert-OH is 1. The van der Waals surface area contributed by atoms with Gasteiger partial charge in [-0.1, -0.05) is 0 Å². The van der Waals surface area contributed by atoms with E-state index in [1.54, 1.807) is 0 Å². The molecule has 11 heteroatoms. The molecule has 4 N–H and O–H groups in total. The summed E-state index contributed by atoms with van der Waals surface area (Å²) in [4.78, 5) is 25.4. The Morgan fingerprint density at radius 2 is 2.08 bits per heavy atom. The minimum absolute atomic E-state index is 0.0351. The number of rotatable bonds is 7. The first-order valence-electron chi connectivity index (χ1n) is 7.42. The number of anilines is 1. The van der Waals surface area contributed by atoms with Gasteiger partial charge in [-0.2, -0.15) is 0 Å². The van der Waals surface area contributed by atoms with E-state index in [9.17, 15) is 18.0 Å². The number of aliphatic hydroxyl groups is 1. The number of ether oxygens (including phenoxy) is 2. The Kier molecular flexibility index (Phi) is 5.85. The first-order chi connectivity index (χ1) is 12.2. The molecular formula is C15H19N3O7S. The van der Waals surface area contributed by atoms with Gasteiger partial charge < -0.3 is 24.8 Å². The number of nitrogens with one attached hydrogen (secondary N) is 1. The van der Waals surface area contributed by atoms with E-state index >= 15 is 0 Å². The van der Waals surface area contributed by atoms with Crippen molar-refractivity contribution in [2.45, 2.75) is 4.90 Å². The number of methoxy groups -OCH3 is 2. The molecule has 0 atom stereocenters. The number of carbonyl (C=O) groups excluding carboxylic acids is 2. The van der Waals surface area contributed by atoms with Crippen LogP contribution in [0.2, 0.25) is 0 Å². The van der Waals surface area contributed by atoms with Gasteiger partial charge in [0.2, 0.25) is 10.0 Å². The molecule has 2 rings (SSSR count). The van der Waals surface area contributed by atoms with Crippen molar-refractivity contribution >= 4 is 27.6 Å². The highest BCUT2D eigenvalue weighted by Crippen LogP contribution is 2.28. The van der Waals surface area contributed by atoms with Gasteiger partial charge in [0.25, 0.3) is 5.91 Å². The first kappa shape index (κ1) is 19.7. The monoisotopic (exact) mass is 385 g/mol. The van der Waals surface area contributed by atoms with E-state index < -0.39 is 21.9 Å². The molecule has 0 spiro atoms. The molecule has 0 saturated carbocycles. The van der Waals surface area contributed by atoms with Crippen LogP contribution < -0.4 is 15.2 Å². The van der Waals surface area contributed by atoms with Gasteiger partial charge in [-0.15, -0.1) is 0 Å². The highest BCUT2D eigenvalue weighted by Gasteiger charge is 2.34. The normalized spacial score (nSPS) is 14.6. The van der Waals surface area contributed by atoms with Crippen LogP contribution in [-0.2, 0) is 24.3 Å². The Morgan fingerprint density at radius 3 is 2.62 bits per heavy atom. The van der Waals surface area contributed by atoms with Gasteiger partial charge in [0.15, 0.2) is 0 Å². The molecule has 1 aliphatic heterocycles. The quantitative estimate of drug-likeness (QED) is 0.507. The lowest BCUT2D eigenvalue weighted by Crippen LogP contribution is -2.31. The number of sulfonamides is 1. The Balaban J connectivity index is 2.44. The summed E-state index contributed by atoms with van der Waals surface area (Å²) in [7, 11) is -1.60. The second kappa shape index (κ2) is 7.72. The molecule has 1 aliphatic rings. The molecule has 1 amide bonds. The fourth-order valence-electron chi connectivity index (χ4n) is 2.47. The van der Waals surface area contributed by atoms with Crippen LogP contribution in [0.5, 0.6) is 5.75 Å². The zero-order chi connectivity index (χ0) is 19.5. The minimum atomic E-state index is -4.07. The standard InChI is InChI=1S/C15H19N3O7S/c1-24-11-4-3-9(7-12(11)26(16,22)23)17-13-10(15(21)25-2)8-18(5-6-19)14(13)20/h3-4,7,17,19H,5-6,8H2,1-2H3,(H2,16,22,23). The summed E-state index contributed by atoms with van der Waals surface area (Å²) >= 11 is 0. The zero-order valence-electron chi connectivity index (χ0n) is 14.2. The number of amides is 1. The molecule has 1 heterocycles. The Bertz CT molecular complexity index is 864. The molecule has 0 unspecified atom stereocenters. The SMILES string of the molecule is COC(=O)C1=C(Nc2ccc(OC)c(S(N)(=O)=O)c2)C(=O)N(CCO)C1.